The molecule has 0 saturated carbocycles. The Balaban J connectivity index is 2.00. The summed E-state index contributed by atoms with van der Waals surface area (Å²) in [5, 5.41) is 0.907. The van der Waals surface area contributed by atoms with Gasteiger partial charge in [0.25, 0.3) is 0 Å². The van der Waals surface area contributed by atoms with Gasteiger partial charge in [-0.15, -0.1) is 0 Å². The maximum atomic E-state index is 5.93. The van der Waals surface area contributed by atoms with E-state index < -0.39 is 0 Å². The summed E-state index contributed by atoms with van der Waals surface area (Å²) in [4.78, 5) is 0. The number of aryl methyl sites for hydroxylation is 1. The molecule has 1 unspecified atom stereocenters. The van der Waals surface area contributed by atoms with Crippen molar-refractivity contribution in [2.75, 3.05) is 11.9 Å². The highest BCUT2D eigenvalue weighted by Gasteiger charge is 2.10. The predicted octanol–water partition coefficient (Wildman–Crippen LogP) is 4.81. The molecule has 1 nitrogen and oxygen atoms in total. The summed E-state index contributed by atoms with van der Waals surface area (Å²) in [6.45, 7) is 2.85. The quantitative estimate of drug-likeness (QED) is 0.695. The Bertz CT molecular complexity index is 496. The number of alkyl halides is 1. The Morgan fingerprint density at radius 2 is 1.84 bits per heavy atom. The van der Waals surface area contributed by atoms with E-state index in [0.29, 0.717) is 12.5 Å². The van der Waals surface area contributed by atoms with E-state index in [2.05, 4.69) is 65.3 Å². The van der Waals surface area contributed by atoms with Crippen LogP contribution in [0.4, 0.5) is 0 Å². The van der Waals surface area contributed by atoms with Gasteiger partial charge in [0.05, 0.1) is 6.61 Å². The Labute approximate surface area is 123 Å². The van der Waals surface area contributed by atoms with Crippen LogP contribution in [-0.2, 0) is 6.42 Å². The topological polar surface area (TPSA) is 9.23 Å². The zero-order valence-electron chi connectivity index (χ0n) is 11.2. The van der Waals surface area contributed by atoms with Crippen LogP contribution in [0, 0.1) is 0 Å². The molecule has 19 heavy (non-hydrogen) atoms. The Morgan fingerprint density at radius 1 is 1.05 bits per heavy atom. The van der Waals surface area contributed by atoms with E-state index in [0.717, 1.165) is 17.5 Å². The van der Waals surface area contributed by atoms with Crippen LogP contribution in [0.5, 0.6) is 5.75 Å². The summed E-state index contributed by atoms with van der Waals surface area (Å²) < 4.78 is 5.93. The molecule has 0 N–H and O–H groups in total. The Hall–Kier alpha value is -1.28. The molecule has 2 heteroatoms. The third-order valence-corrected chi connectivity index (χ3v) is 4.00. The lowest BCUT2D eigenvalue weighted by Gasteiger charge is -2.16. The molecule has 0 fully saturated rings. The summed E-state index contributed by atoms with van der Waals surface area (Å²) in [5.41, 5.74) is 2.62. The van der Waals surface area contributed by atoms with E-state index >= 15 is 0 Å². The highest BCUT2D eigenvalue weighted by atomic mass is 79.9. The molecule has 0 amide bonds. The maximum Gasteiger partial charge on any atom is 0.119 e. The standard InChI is InChI=1S/C17H19BrO/c1-2-14-7-6-10-17(11-14)19-13-16(12-18)15-8-4-3-5-9-15/h3-11,16H,2,12-13H2,1H3. The van der Waals surface area contributed by atoms with Gasteiger partial charge in [0, 0.05) is 11.2 Å². The summed E-state index contributed by atoms with van der Waals surface area (Å²) in [6.07, 6.45) is 1.04. The van der Waals surface area contributed by atoms with Crippen molar-refractivity contribution in [1.82, 2.24) is 0 Å². The van der Waals surface area contributed by atoms with E-state index in [1.54, 1.807) is 0 Å². The van der Waals surface area contributed by atoms with Gasteiger partial charge < -0.3 is 4.74 Å². The van der Waals surface area contributed by atoms with Crippen LogP contribution in [0.25, 0.3) is 0 Å². The summed E-state index contributed by atoms with van der Waals surface area (Å²) >= 11 is 3.57. The third kappa shape index (κ3) is 4.10. The van der Waals surface area contributed by atoms with Crippen LogP contribution in [0.1, 0.15) is 24.0 Å². The lowest BCUT2D eigenvalue weighted by atomic mass is 10.0. The van der Waals surface area contributed by atoms with E-state index in [-0.39, 0.29) is 0 Å². The van der Waals surface area contributed by atoms with Crippen molar-refractivity contribution >= 4 is 15.9 Å². The molecule has 0 aliphatic heterocycles. The van der Waals surface area contributed by atoms with Crippen LogP contribution >= 0.6 is 15.9 Å². The molecule has 0 bridgehead atoms. The summed E-state index contributed by atoms with van der Waals surface area (Å²) in [7, 11) is 0. The first-order valence-electron chi connectivity index (χ1n) is 6.66. The number of halogens is 1. The molecule has 0 aliphatic rings. The third-order valence-electron chi connectivity index (χ3n) is 3.22. The van der Waals surface area contributed by atoms with Gasteiger partial charge in [0.15, 0.2) is 0 Å². The minimum atomic E-state index is 0.381. The average Bonchev–Trinajstić information content (AvgIpc) is 2.49. The van der Waals surface area contributed by atoms with Gasteiger partial charge in [-0.1, -0.05) is 65.3 Å². The van der Waals surface area contributed by atoms with Gasteiger partial charge in [-0.2, -0.15) is 0 Å². The summed E-state index contributed by atoms with van der Waals surface area (Å²) in [5.74, 6) is 1.34. The van der Waals surface area contributed by atoms with Gasteiger partial charge >= 0.3 is 0 Å². The molecule has 2 rings (SSSR count). The van der Waals surface area contributed by atoms with Gasteiger partial charge in [-0.25, -0.2) is 0 Å². The molecule has 0 radical (unpaired) electrons. The Morgan fingerprint density at radius 3 is 2.53 bits per heavy atom. The fraction of sp³-hybridized carbons (Fsp3) is 0.294. The first-order chi connectivity index (χ1) is 9.33. The van der Waals surface area contributed by atoms with Crippen LogP contribution in [0.3, 0.4) is 0 Å². The van der Waals surface area contributed by atoms with Crippen molar-refractivity contribution in [3.05, 3.63) is 65.7 Å². The number of hydrogen-bond acceptors (Lipinski definition) is 1. The van der Waals surface area contributed by atoms with Gasteiger partial charge in [0.1, 0.15) is 5.75 Å². The zero-order valence-corrected chi connectivity index (χ0v) is 12.8. The molecule has 0 aromatic heterocycles. The van der Waals surface area contributed by atoms with E-state index in [1.807, 2.05) is 12.1 Å². The molecule has 100 valence electrons. The monoisotopic (exact) mass is 318 g/mol. The first-order valence-corrected chi connectivity index (χ1v) is 7.78. The van der Waals surface area contributed by atoms with Crippen molar-refractivity contribution in [2.45, 2.75) is 19.3 Å². The lowest BCUT2D eigenvalue weighted by Crippen LogP contribution is -2.11. The highest BCUT2D eigenvalue weighted by molar-refractivity contribution is 9.09. The smallest absolute Gasteiger partial charge is 0.119 e. The second kappa shape index (κ2) is 7.34. The van der Waals surface area contributed by atoms with Crippen molar-refractivity contribution in [3.63, 3.8) is 0 Å². The van der Waals surface area contributed by atoms with E-state index in [9.17, 15) is 0 Å². The molecular weight excluding hydrogens is 300 g/mol. The molecule has 0 saturated heterocycles. The van der Waals surface area contributed by atoms with E-state index in [1.165, 1.54) is 11.1 Å². The second-order valence-electron chi connectivity index (χ2n) is 4.57. The van der Waals surface area contributed by atoms with Crippen LogP contribution in [-0.4, -0.2) is 11.9 Å². The normalized spacial score (nSPS) is 12.1. The number of benzene rings is 2. The van der Waals surface area contributed by atoms with Crippen molar-refractivity contribution in [3.8, 4) is 5.75 Å². The maximum absolute atomic E-state index is 5.93. The van der Waals surface area contributed by atoms with E-state index in [4.69, 9.17) is 4.74 Å². The second-order valence-corrected chi connectivity index (χ2v) is 5.22. The molecule has 2 aromatic rings. The lowest BCUT2D eigenvalue weighted by molar-refractivity contribution is 0.298. The van der Waals surface area contributed by atoms with Crippen molar-refractivity contribution < 1.29 is 4.74 Å². The molecule has 1 atom stereocenters. The molecule has 0 aliphatic carbocycles. The largest absolute Gasteiger partial charge is 0.493 e. The molecule has 0 heterocycles. The summed E-state index contributed by atoms with van der Waals surface area (Å²) in [6, 6.07) is 18.8. The van der Waals surface area contributed by atoms with Gasteiger partial charge in [-0.05, 0) is 29.7 Å². The molecular formula is C17H19BrO. The molecule has 0 spiro atoms. The fourth-order valence-corrected chi connectivity index (χ4v) is 2.57. The highest BCUT2D eigenvalue weighted by Crippen LogP contribution is 2.21. The zero-order chi connectivity index (χ0) is 13.5. The van der Waals surface area contributed by atoms with Crippen LogP contribution in [0.2, 0.25) is 0 Å². The first kappa shape index (κ1) is 14.1. The average molecular weight is 319 g/mol. The SMILES string of the molecule is CCc1cccc(OCC(CBr)c2ccccc2)c1. The number of rotatable bonds is 6. The fourth-order valence-electron chi connectivity index (χ4n) is 2.01. The number of hydrogen-bond donors (Lipinski definition) is 0. The van der Waals surface area contributed by atoms with Crippen LogP contribution in [0.15, 0.2) is 54.6 Å². The van der Waals surface area contributed by atoms with Crippen molar-refractivity contribution in [1.29, 1.82) is 0 Å². The van der Waals surface area contributed by atoms with Crippen molar-refractivity contribution in [2.24, 2.45) is 0 Å². The van der Waals surface area contributed by atoms with Crippen LogP contribution < -0.4 is 4.74 Å². The molecule has 2 aromatic carbocycles. The minimum absolute atomic E-state index is 0.381. The minimum Gasteiger partial charge on any atom is -0.493 e. The van der Waals surface area contributed by atoms with Gasteiger partial charge in [0.2, 0.25) is 0 Å². The number of ether oxygens (including phenoxy) is 1. The van der Waals surface area contributed by atoms with Gasteiger partial charge in [-0.3, -0.25) is 0 Å². The Kier molecular flexibility index (Phi) is 5.46. The predicted molar refractivity (Wildman–Crippen MR) is 84.3 cm³/mol.